The SMILES string of the molecule is COc1cc(C2CN(C(=O)c3cc(OCCOC4CCCCO4)ccn3)C2)ccc1O. The number of phenolic OH excluding ortho intramolecular Hbond substituents is 1. The first-order chi connectivity index (χ1) is 15.1. The van der Waals surface area contributed by atoms with Gasteiger partial charge in [-0.2, -0.15) is 0 Å². The van der Waals surface area contributed by atoms with E-state index in [1.54, 1.807) is 29.3 Å². The number of pyridine rings is 1. The Bertz CT molecular complexity index is 893. The third-order valence-electron chi connectivity index (χ3n) is 5.59. The van der Waals surface area contributed by atoms with E-state index in [4.69, 9.17) is 18.9 Å². The van der Waals surface area contributed by atoms with E-state index >= 15 is 0 Å². The van der Waals surface area contributed by atoms with E-state index in [0.29, 0.717) is 43.5 Å². The van der Waals surface area contributed by atoms with Crippen LogP contribution >= 0.6 is 0 Å². The van der Waals surface area contributed by atoms with E-state index in [1.165, 1.54) is 7.11 Å². The van der Waals surface area contributed by atoms with Gasteiger partial charge in [0.2, 0.25) is 0 Å². The molecule has 1 aromatic heterocycles. The summed E-state index contributed by atoms with van der Waals surface area (Å²) in [6.07, 6.45) is 4.57. The average Bonchev–Trinajstić information content (AvgIpc) is 2.77. The summed E-state index contributed by atoms with van der Waals surface area (Å²) in [5.41, 5.74) is 1.39. The Kier molecular flexibility index (Phi) is 6.89. The number of ether oxygens (including phenoxy) is 4. The summed E-state index contributed by atoms with van der Waals surface area (Å²) >= 11 is 0. The number of phenols is 1. The maximum absolute atomic E-state index is 12.8. The minimum Gasteiger partial charge on any atom is -0.504 e. The lowest BCUT2D eigenvalue weighted by Gasteiger charge is -2.39. The number of hydrogen-bond donors (Lipinski definition) is 1. The van der Waals surface area contributed by atoms with Crippen molar-refractivity contribution in [1.29, 1.82) is 0 Å². The van der Waals surface area contributed by atoms with Crippen LogP contribution in [0.4, 0.5) is 0 Å². The van der Waals surface area contributed by atoms with Crippen LogP contribution in [0.15, 0.2) is 36.5 Å². The van der Waals surface area contributed by atoms with Crippen molar-refractivity contribution >= 4 is 5.91 Å². The highest BCUT2D eigenvalue weighted by Gasteiger charge is 2.33. The predicted molar refractivity (Wildman–Crippen MR) is 113 cm³/mol. The van der Waals surface area contributed by atoms with Gasteiger partial charge in [0.15, 0.2) is 17.8 Å². The van der Waals surface area contributed by atoms with Gasteiger partial charge in [-0.05, 0) is 43.0 Å². The Balaban J connectivity index is 1.26. The molecule has 2 aliphatic heterocycles. The minimum atomic E-state index is -0.139. The zero-order chi connectivity index (χ0) is 21.6. The fourth-order valence-electron chi connectivity index (χ4n) is 3.76. The van der Waals surface area contributed by atoms with Crippen LogP contribution < -0.4 is 9.47 Å². The Hall–Kier alpha value is -2.84. The number of methoxy groups -OCH3 is 1. The number of nitrogens with zero attached hydrogens (tertiary/aromatic N) is 2. The second-order valence-electron chi connectivity index (χ2n) is 7.73. The van der Waals surface area contributed by atoms with Crippen molar-refractivity contribution in [3.8, 4) is 17.2 Å². The molecule has 2 aliphatic rings. The van der Waals surface area contributed by atoms with Crippen LogP contribution in [0.25, 0.3) is 0 Å². The highest BCUT2D eigenvalue weighted by atomic mass is 16.7. The predicted octanol–water partition coefficient (Wildman–Crippen LogP) is 2.96. The Morgan fingerprint density at radius 3 is 2.87 bits per heavy atom. The molecule has 0 aliphatic carbocycles. The summed E-state index contributed by atoms with van der Waals surface area (Å²) in [4.78, 5) is 18.7. The molecule has 0 radical (unpaired) electrons. The normalized spacial score (nSPS) is 19.0. The molecular formula is C23H28N2O6. The van der Waals surface area contributed by atoms with Gasteiger partial charge in [-0.1, -0.05) is 6.07 Å². The topological polar surface area (TPSA) is 90.4 Å². The molecule has 166 valence electrons. The summed E-state index contributed by atoms with van der Waals surface area (Å²) in [5, 5.41) is 9.74. The number of carbonyl (C=O) groups excluding carboxylic acids is 1. The van der Waals surface area contributed by atoms with Crippen molar-refractivity contribution in [3.05, 3.63) is 47.8 Å². The molecule has 1 amide bonds. The molecule has 3 heterocycles. The first kappa shape index (κ1) is 21.4. The fraction of sp³-hybridized carbons (Fsp3) is 0.478. The highest BCUT2D eigenvalue weighted by Crippen LogP contribution is 2.34. The first-order valence-corrected chi connectivity index (χ1v) is 10.6. The van der Waals surface area contributed by atoms with Gasteiger partial charge < -0.3 is 29.0 Å². The molecule has 8 heteroatoms. The maximum atomic E-state index is 12.8. The molecule has 1 unspecified atom stereocenters. The molecule has 2 saturated heterocycles. The zero-order valence-electron chi connectivity index (χ0n) is 17.7. The summed E-state index contributed by atoms with van der Waals surface area (Å²) in [7, 11) is 1.52. The number of aromatic nitrogens is 1. The summed E-state index contributed by atoms with van der Waals surface area (Å²) in [5.74, 6) is 1.22. The zero-order valence-corrected chi connectivity index (χ0v) is 17.7. The molecule has 0 saturated carbocycles. The molecule has 2 fully saturated rings. The highest BCUT2D eigenvalue weighted by molar-refractivity contribution is 5.93. The summed E-state index contributed by atoms with van der Waals surface area (Å²) in [6, 6.07) is 8.68. The Morgan fingerprint density at radius 1 is 1.23 bits per heavy atom. The van der Waals surface area contributed by atoms with Crippen LogP contribution in [0.5, 0.6) is 17.2 Å². The van der Waals surface area contributed by atoms with Crippen LogP contribution in [0, 0.1) is 0 Å². The number of benzene rings is 1. The van der Waals surface area contributed by atoms with Crippen LogP contribution in [0.3, 0.4) is 0 Å². The summed E-state index contributed by atoms with van der Waals surface area (Å²) in [6.45, 7) is 2.74. The molecule has 0 spiro atoms. The lowest BCUT2D eigenvalue weighted by atomic mass is 9.91. The van der Waals surface area contributed by atoms with E-state index in [2.05, 4.69) is 4.98 Å². The van der Waals surface area contributed by atoms with Gasteiger partial charge >= 0.3 is 0 Å². The van der Waals surface area contributed by atoms with E-state index in [0.717, 1.165) is 31.4 Å². The van der Waals surface area contributed by atoms with Crippen molar-refractivity contribution in [3.63, 3.8) is 0 Å². The van der Waals surface area contributed by atoms with Gasteiger partial charge in [-0.25, -0.2) is 0 Å². The number of amides is 1. The van der Waals surface area contributed by atoms with E-state index in [9.17, 15) is 9.90 Å². The monoisotopic (exact) mass is 428 g/mol. The molecular weight excluding hydrogens is 400 g/mol. The van der Waals surface area contributed by atoms with Crippen molar-refractivity contribution in [2.24, 2.45) is 0 Å². The molecule has 1 aromatic carbocycles. The third kappa shape index (κ3) is 5.26. The molecule has 0 bridgehead atoms. The van der Waals surface area contributed by atoms with Crippen LogP contribution in [-0.4, -0.2) is 67.2 Å². The molecule has 1 atom stereocenters. The molecule has 1 N–H and O–H groups in total. The summed E-state index contributed by atoms with van der Waals surface area (Å²) < 4.78 is 22.1. The lowest BCUT2D eigenvalue weighted by Crippen LogP contribution is -2.48. The molecule has 4 rings (SSSR count). The third-order valence-corrected chi connectivity index (χ3v) is 5.59. The minimum absolute atomic E-state index is 0.108. The quantitative estimate of drug-likeness (QED) is 0.647. The molecule has 8 nitrogen and oxygen atoms in total. The van der Waals surface area contributed by atoms with Crippen molar-refractivity contribution in [2.45, 2.75) is 31.5 Å². The van der Waals surface area contributed by atoms with Gasteiger partial charge in [0.1, 0.15) is 18.1 Å². The number of hydrogen-bond acceptors (Lipinski definition) is 7. The van der Waals surface area contributed by atoms with Gasteiger partial charge in [0.05, 0.1) is 13.7 Å². The second-order valence-corrected chi connectivity index (χ2v) is 7.73. The maximum Gasteiger partial charge on any atom is 0.272 e. The van der Waals surface area contributed by atoms with Gasteiger partial charge in [-0.15, -0.1) is 0 Å². The standard InChI is InChI=1S/C23H28N2O6/c1-28-21-12-16(5-6-20(21)26)17-14-25(15-17)23(27)19-13-18(7-8-24-19)29-10-11-31-22-4-2-3-9-30-22/h5-8,12-13,17,22,26H,2-4,9-11,14-15H2,1H3. The largest absolute Gasteiger partial charge is 0.504 e. The van der Waals surface area contributed by atoms with Crippen molar-refractivity contribution in [1.82, 2.24) is 9.88 Å². The second kappa shape index (κ2) is 9.98. The lowest BCUT2D eigenvalue weighted by molar-refractivity contribution is -0.165. The smallest absolute Gasteiger partial charge is 0.272 e. The average molecular weight is 428 g/mol. The number of aromatic hydroxyl groups is 1. The van der Waals surface area contributed by atoms with Gasteiger partial charge in [-0.3, -0.25) is 9.78 Å². The number of likely N-dealkylation sites (tertiary alicyclic amines) is 1. The number of carbonyl (C=O) groups is 1. The van der Waals surface area contributed by atoms with Crippen LogP contribution in [0.2, 0.25) is 0 Å². The Morgan fingerprint density at radius 2 is 2.10 bits per heavy atom. The van der Waals surface area contributed by atoms with Crippen molar-refractivity contribution in [2.75, 3.05) is 40.0 Å². The molecule has 31 heavy (non-hydrogen) atoms. The van der Waals surface area contributed by atoms with Crippen LogP contribution in [-0.2, 0) is 9.47 Å². The van der Waals surface area contributed by atoms with E-state index in [-0.39, 0.29) is 23.9 Å². The van der Waals surface area contributed by atoms with Crippen LogP contribution in [0.1, 0.15) is 41.2 Å². The van der Waals surface area contributed by atoms with Gasteiger partial charge in [0.25, 0.3) is 5.91 Å². The Labute approximate surface area is 181 Å². The number of rotatable bonds is 8. The first-order valence-electron chi connectivity index (χ1n) is 10.6. The molecule has 2 aromatic rings. The van der Waals surface area contributed by atoms with E-state index < -0.39 is 0 Å². The van der Waals surface area contributed by atoms with Gasteiger partial charge in [0, 0.05) is 37.9 Å². The van der Waals surface area contributed by atoms with Crippen molar-refractivity contribution < 1.29 is 28.8 Å². The van der Waals surface area contributed by atoms with E-state index in [1.807, 2.05) is 12.1 Å². The fourth-order valence-corrected chi connectivity index (χ4v) is 3.76.